The minimum atomic E-state index is -0.818. The van der Waals surface area contributed by atoms with Crippen molar-refractivity contribution < 1.29 is 23.2 Å². The Balaban J connectivity index is 2.10. The van der Waals surface area contributed by atoms with Gasteiger partial charge in [-0.25, -0.2) is 9.18 Å². The van der Waals surface area contributed by atoms with Crippen LogP contribution in [0.15, 0.2) is 34.9 Å². The number of rotatable bonds is 5. The maximum atomic E-state index is 13.6. The smallest absolute Gasteiger partial charge is 0.328 e. The Labute approximate surface area is 126 Å². The summed E-state index contributed by atoms with van der Waals surface area (Å²) in [6.45, 7) is 3.39. The van der Waals surface area contributed by atoms with E-state index in [4.69, 9.17) is 9.26 Å². The molecule has 22 heavy (non-hydrogen) atoms. The largest absolute Gasteiger partial charge is 0.464 e. The molecule has 0 aliphatic carbocycles. The van der Waals surface area contributed by atoms with E-state index in [1.54, 1.807) is 19.1 Å². The van der Waals surface area contributed by atoms with Crippen molar-refractivity contribution in [3.8, 4) is 11.3 Å². The zero-order valence-corrected chi connectivity index (χ0v) is 12.1. The van der Waals surface area contributed by atoms with Gasteiger partial charge < -0.3 is 14.6 Å². The van der Waals surface area contributed by atoms with E-state index in [0.717, 1.165) is 0 Å². The van der Waals surface area contributed by atoms with Gasteiger partial charge in [-0.2, -0.15) is 0 Å². The number of benzene rings is 1. The number of hydrogen-bond acceptors (Lipinski definition) is 5. The van der Waals surface area contributed by atoms with Crippen molar-refractivity contribution in [2.75, 3.05) is 6.61 Å². The van der Waals surface area contributed by atoms with E-state index in [1.165, 1.54) is 25.1 Å². The topological polar surface area (TPSA) is 81.4 Å². The van der Waals surface area contributed by atoms with E-state index in [9.17, 15) is 14.0 Å². The molecule has 0 spiro atoms. The maximum absolute atomic E-state index is 13.6. The van der Waals surface area contributed by atoms with Crippen LogP contribution in [0, 0.1) is 5.82 Å². The first-order valence-corrected chi connectivity index (χ1v) is 6.72. The van der Waals surface area contributed by atoms with E-state index < -0.39 is 23.7 Å². The molecule has 0 saturated heterocycles. The summed E-state index contributed by atoms with van der Waals surface area (Å²) in [6.07, 6.45) is 0. The first-order chi connectivity index (χ1) is 10.5. The summed E-state index contributed by atoms with van der Waals surface area (Å²) in [5.41, 5.74) is 0.155. The fourth-order valence-corrected chi connectivity index (χ4v) is 1.77. The average Bonchev–Trinajstić information content (AvgIpc) is 2.97. The van der Waals surface area contributed by atoms with Crippen LogP contribution >= 0.6 is 0 Å². The molecule has 0 bridgehead atoms. The third-order valence-corrected chi connectivity index (χ3v) is 2.87. The Morgan fingerprint density at radius 3 is 2.82 bits per heavy atom. The SMILES string of the molecule is CCOC(=O)C(C)NC(=O)c1cc(-c2ccccc2F)on1. The Hall–Kier alpha value is -2.70. The van der Waals surface area contributed by atoms with Crippen molar-refractivity contribution in [2.24, 2.45) is 0 Å². The molecule has 1 aromatic carbocycles. The molecule has 1 atom stereocenters. The third kappa shape index (κ3) is 3.49. The Kier molecular flexibility index (Phi) is 4.88. The number of carbonyl (C=O) groups excluding carboxylic acids is 2. The molecule has 1 amide bonds. The molecule has 2 rings (SSSR count). The van der Waals surface area contributed by atoms with Crippen molar-refractivity contribution in [3.05, 3.63) is 41.8 Å². The van der Waals surface area contributed by atoms with Crippen molar-refractivity contribution in [3.63, 3.8) is 0 Å². The van der Waals surface area contributed by atoms with Crippen LogP contribution in [0.4, 0.5) is 4.39 Å². The molecule has 1 heterocycles. The molecule has 7 heteroatoms. The Morgan fingerprint density at radius 1 is 1.41 bits per heavy atom. The van der Waals surface area contributed by atoms with Crippen molar-refractivity contribution >= 4 is 11.9 Å². The summed E-state index contributed by atoms with van der Waals surface area (Å²) in [5.74, 6) is -1.50. The molecule has 1 unspecified atom stereocenters. The Morgan fingerprint density at radius 2 is 2.14 bits per heavy atom. The number of hydrogen-bond donors (Lipinski definition) is 1. The van der Waals surface area contributed by atoms with E-state index in [0.29, 0.717) is 0 Å². The van der Waals surface area contributed by atoms with Crippen LogP contribution in [-0.2, 0) is 9.53 Å². The van der Waals surface area contributed by atoms with Crippen LogP contribution in [0.1, 0.15) is 24.3 Å². The van der Waals surface area contributed by atoms with Gasteiger partial charge in [0.25, 0.3) is 5.91 Å². The second-order valence-corrected chi connectivity index (χ2v) is 4.50. The van der Waals surface area contributed by atoms with Gasteiger partial charge in [0.1, 0.15) is 11.9 Å². The van der Waals surface area contributed by atoms with Crippen LogP contribution < -0.4 is 5.32 Å². The first kappa shape index (κ1) is 15.7. The highest BCUT2D eigenvalue weighted by molar-refractivity contribution is 5.95. The number of carbonyl (C=O) groups is 2. The second kappa shape index (κ2) is 6.84. The predicted octanol–water partition coefficient (Wildman–Crippen LogP) is 2.16. The minimum Gasteiger partial charge on any atom is -0.464 e. The summed E-state index contributed by atoms with van der Waals surface area (Å²) >= 11 is 0. The normalized spacial score (nSPS) is 11.8. The number of nitrogens with zero attached hydrogens (tertiary/aromatic N) is 1. The molecule has 0 aliphatic rings. The monoisotopic (exact) mass is 306 g/mol. The van der Waals surface area contributed by atoms with Gasteiger partial charge in [0.05, 0.1) is 12.2 Å². The molecule has 2 aromatic rings. The Bertz CT molecular complexity index is 684. The van der Waals surface area contributed by atoms with Crippen molar-refractivity contribution in [1.29, 1.82) is 0 Å². The molecule has 0 radical (unpaired) electrons. The highest BCUT2D eigenvalue weighted by Crippen LogP contribution is 2.23. The number of esters is 1. The lowest BCUT2D eigenvalue weighted by Gasteiger charge is -2.10. The van der Waals surface area contributed by atoms with Crippen molar-refractivity contribution in [1.82, 2.24) is 10.5 Å². The van der Waals surface area contributed by atoms with Gasteiger partial charge in [-0.3, -0.25) is 4.79 Å². The standard InChI is InChI=1S/C15H15FN2O4/c1-3-21-15(20)9(2)17-14(19)12-8-13(22-18-12)10-6-4-5-7-11(10)16/h4-9H,3H2,1-2H3,(H,17,19). The number of halogens is 1. The third-order valence-electron chi connectivity index (χ3n) is 2.87. The number of aromatic nitrogens is 1. The molecular weight excluding hydrogens is 291 g/mol. The van der Waals surface area contributed by atoms with E-state index >= 15 is 0 Å². The van der Waals surface area contributed by atoms with Crippen LogP contribution in [0.5, 0.6) is 0 Å². The molecule has 0 aliphatic heterocycles. The molecule has 116 valence electrons. The van der Waals surface area contributed by atoms with Crippen LogP contribution in [-0.4, -0.2) is 29.7 Å². The molecule has 6 nitrogen and oxygen atoms in total. The van der Waals surface area contributed by atoms with Gasteiger partial charge in [-0.15, -0.1) is 0 Å². The van der Waals surface area contributed by atoms with Gasteiger partial charge in [0.15, 0.2) is 11.5 Å². The van der Waals surface area contributed by atoms with Gasteiger partial charge >= 0.3 is 5.97 Å². The number of amides is 1. The molecule has 0 saturated carbocycles. The zero-order valence-electron chi connectivity index (χ0n) is 12.1. The van der Waals surface area contributed by atoms with Crippen LogP contribution in [0.25, 0.3) is 11.3 Å². The highest BCUT2D eigenvalue weighted by atomic mass is 19.1. The quantitative estimate of drug-likeness (QED) is 0.856. The fourth-order valence-electron chi connectivity index (χ4n) is 1.77. The summed E-state index contributed by atoms with van der Waals surface area (Å²) in [7, 11) is 0. The van der Waals surface area contributed by atoms with Gasteiger partial charge in [0, 0.05) is 6.07 Å². The highest BCUT2D eigenvalue weighted by Gasteiger charge is 2.21. The lowest BCUT2D eigenvalue weighted by atomic mass is 10.1. The predicted molar refractivity (Wildman–Crippen MR) is 75.5 cm³/mol. The summed E-state index contributed by atoms with van der Waals surface area (Å²) in [5, 5.41) is 6.02. The first-order valence-electron chi connectivity index (χ1n) is 6.72. The molecule has 0 fully saturated rings. The molecular formula is C15H15FN2O4. The second-order valence-electron chi connectivity index (χ2n) is 4.50. The van der Waals surface area contributed by atoms with Crippen LogP contribution in [0.2, 0.25) is 0 Å². The molecule has 1 aromatic heterocycles. The van der Waals surface area contributed by atoms with Crippen LogP contribution in [0.3, 0.4) is 0 Å². The number of nitrogens with one attached hydrogen (secondary N) is 1. The minimum absolute atomic E-state index is 0.0469. The number of ether oxygens (including phenoxy) is 1. The lowest BCUT2D eigenvalue weighted by Crippen LogP contribution is -2.39. The summed E-state index contributed by atoms with van der Waals surface area (Å²) < 4.78 is 23.4. The zero-order chi connectivity index (χ0) is 16.1. The maximum Gasteiger partial charge on any atom is 0.328 e. The summed E-state index contributed by atoms with van der Waals surface area (Å²) in [4.78, 5) is 23.4. The van der Waals surface area contributed by atoms with Gasteiger partial charge in [-0.1, -0.05) is 17.3 Å². The average molecular weight is 306 g/mol. The van der Waals surface area contributed by atoms with Gasteiger partial charge in [-0.05, 0) is 26.0 Å². The van der Waals surface area contributed by atoms with E-state index in [2.05, 4.69) is 10.5 Å². The van der Waals surface area contributed by atoms with Crippen molar-refractivity contribution in [2.45, 2.75) is 19.9 Å². The van der Waals surface area contributed by atoms with Gasteiger partial charge in [0.2, 0.25) is 0 Å². The summed E-state index contributed by atoms with van der Waals surface area (Å²) in [6, 6.07) is 6.47. The lowest BCUT2D eigenvalue weighted by molar-refractivity contribution is -0.144. The van der Waals surface area contributed by atoms with E-state index in [1.807, 2.05) is 0 Å². The molecule has 1 N–H and O–H groups in total. The van der Waals surface area contributed by atoms with E-state index in [-0.39, 0.29) is 23.6 Å². The fraction of sp³-hybridized carbons (Fsp3) is 0.267.